The minimum Gasteiger partial charge on any atom is -0.493 e. The molecule has 9 heteroatoms. The van der Waals surface area contributed by atoms with E-state index in [-0.39, 0.29) is 30.0 Å². The van der Waals surface area contributed by atoms with Gasteiger partial charge in [0.1, 0.15) is 16.9 Å². The van der Waals surface area contributed by atoms with E-state index in [1.165, 1.54) is 32.4 Å². The Hall–Kier alpha value is -3.85. The molecule has 3 rings (SSSR count). The second kappa shape index (κ2) is 10.3. The van der Waals surface area contributed by atoms with Crippen LogP contribution >= 0.6 is 0 Å². The Morgan fingerprint density at radius 1 is 1.03 bits per heavy atom. The van der Waals surface area contributed by atoms with E-state index in [9.17, 15) is 14.4 Å². The van der Waals surface area contributed by atoms with Gasteiger partial charge in [0.25, 0.3) is 5.91 Å². The number of hydrogen-bond donors (Lipinski definition) is 1. The number of fused-ring (bicyclic) bond motifs is 1. The van der Waals surface area contributed by atoms with Crippen molar-refractivity contribution in [3.63, 3.8) is 0 Å². The summed E-state index contributed by atoms with van der Waals surface area (Å²) in [5, 5.41) is 3.06. The van der Waals surface area contributed by atoms with E-state index >= 15 is 0 Å². The normalized spacial score (nSPS) is 10.5. The van der Waals surface area contributed by atoms with Crippen molar-refractivity contribution in [3.05, 3.63) is 64.5 Å². The molecule has 1 N–H and O–H groups in total. The van der Waals surface area contributed by atoms with Gasteiger partial charge >= 0.3 is 11.6 Å². The Morgan fingerprint density at radius 3 is 2.55 bits per heavy atom. The molecule has 0 aliphatic heterocycles. The predicted octanol–water partition coefficient (Wildman–Crippen LogP) is 2.16. The summed E-state index contributed by atoms with van der Waals surface area (Å²) in [6.07, 6.45) is 0. The number of nitrogens with one attached hydrogen (secondary N) is 1. The molecule has 0 fully saturated rings. The molecule has 0 spiro atoms. The van der Waals surface area contributed by atoms with Crippen LogP contribution in [0.1, 0.15) is 10.4 Å². The Morgan fingerprint density at radius 2 is 1.81 bits per heavy atom. The van der Waals surface area contributed by atoms with Crippen LogP contribution in [0.15, 0.2) is 57.7 Å². The van der Waals surface area contributed by atoms with E-state index in [2.05, 4.69) is 5.32 Å². The Labute approximate surface area is 177 Å². The summed E-state index contributed by atoms with van der Waals surface area (Å²) < 4.78 is 25.9. The molecule has 0 saturated heterocycles. The second-order valence-electron chi connectivity index (χ2n) is 6.31. The van der Waals surface area contributed by atoms with Crippen molar-refractivity contribution in [1.29, 1.82) is 0 Å². The van der Waals surface area contributed by atoms with E-state index in [4.69, 9.17) is 23.4 Å². The van der Waals surface area contributed by atoms with Gasteiger partial charge in [-0.1, -0.05) is 12.1 Å². The summed E-state index contributed by atoms with van der Waals surface area (Å²) in [7, 11) is 3.00. The van der Waals surface area contributed by atoms with Crippen molar-refractivity contribution in [1.82, 2.24) is 5.32 Å². The van der Waals surface area contributed by atoms with Gasteiger partial charge in [0, 0.05) is 25.1 Å². The van der Waals surface area contributed by atoms with Crippen molar-refractivity contribution < 1.29 is 33.0 Å². The topological polar surface area (TPSA) is 113 Å². The summed E-state index contributed by atoms with van der Waals surface area (Å²) in [6, 6.07) is 12.8. The molecule has 1 heterocycles. The molecular weight excluding hydrogens is 406 g/mol. The molecule has 0 radical (unpaired) electrons. The first kappa shape index (κ1) is 21.8. The van der Waals surface area contributed by atoms with Gasteiger partial charge in [-0.3, -0.25) is 4.79 Å². The number of rotatable bonds is 9. The number of benzene rings is 2. The van der Waals surface area contributed by atoms with Crippen LogP contribution < -0.4 is 25.2 Å². The maximum absolute atomic E-state index is 12.2. The van der Waals surface area contributed by atoms with Crippen LogP contribution in [-0.4, -0.2) is 45.9 Å². The van der Waals surface area contributed by atoms with Crippen LogP contribution in [0.25, 0.3) is 11.0 Å². The molecule has 0 saturated carbocycles. The lowest BCUT2D eigenvalue weighted by Gasteiger charge is -2.10. The summed E-state index contributed by atoms with van der Waals surface area (Å²) in [5.41, 5.74) is -0.752. The van der Waals surface area contributed by atoms with Crippen molar-refractivity contribution >= 4 is 22.8 Å². The highest BCUT2D eigenvalue weighted by Crippen LogP contribution is 2.26. The standard InChI is InChI=1S/C22H21NO8/c1-27-10-9-23-21(25)16-11-14-7-8-15(12-19(14)31-22(16)26)30-20(24)13-29-18-6-4-3-5-17(18)28-2/h3-8,11-12H,9-10,13H2,1-2H3,(H,23,25). The maximum Gasteiger partial charge on any atom is 0.349 e. The fourth-order valence-electron chi connectivity index (χ4n) is 2.71. The highest BCUT2D eigenvalue weighted by molar-refractivity contribution is 5.96. The molecule has 0 aliphatic carbocycles. The third kappa shape index (κ3) is 5.61. The number of amides is 1. The Balaban J connectivity index is 1.68. The summed E-state index contributed by atoms with van der Waals surface area (Å²) >= 11 is 0. The first-order valence-electron chi connectivity index (χ1n) is 9.33. The average Bonchev–Trinajstić information content (AvgIpc) is 2.77. The minimum atomic E-state index is -0.801. The zero-order chi connectivity index (χ0) is 22.2. The highest BCUT2D eigenvalue weighted by Gasteiger charge is 2.15. The van der Waals surface area contributed by atoms with Gasteiger partial charge in [-0.2, -0.15) is 0 Å². The quantitative estimate of drug-likeness (QED) is 0.239. The van der Waals surface area contributed by atoms with Gasteiger partial charge in [-0.05, 0) is 30.3 Å². The van der Waals surface area contributed by atoms with Crippen LogP contribution in [-0.2, 0) is 9.53 Å². The van der Waals surface area contributed by atoms with Crippen LogP contribution in [0.3, 0.4) is 0 Å². The summed E-state index contributed by atoms with van der Waals surface area (Å²) in [6.45, 7) is 0.238. The van der Waals surface area contributed by atoms with E-state index in [0.29, 0.717) is 23.5 Å². The Kier molecular flexibility index (Phi) is 7.23. The molecule has 162 valence electrons. The van der Waals surface area contributed by atoms with E-state index in [1.54, 1.807) is 30.3 Å². The first-order chi connectivity index (χ1) is 15.0. The molecule has 0 atom stereocenters. The molecule has 1 aromatic heterocycles. The number of methoxy groups -OCH3 is 2. The van der Waals surface area contributed by atoms with Crippen molar-refractivity contribution in [3.8, 4) is 17.2 Å². The van der Waals surface area contributed by atoms with Gasteiger partial charge < -0.3 is 28.7 Å². The lowest BCUT2D eigenvalue weighted by Crippen LogP contribution is -2.30. The molecule has 1 amide bonds. The molecule has 31 heavy (non-hydrogen) atoms. The average molecular weight is 427 g/mol. The highest BCUT2D eigenvalue weighted by atomic mass is 16.6. The Bertz CT molecular complexity index is 1140. The molecule has 2 aromatic carbocycles. The van der Waals surface area contributed by atoms with Gasteiger partial charge in [-0.25, -0.2) is 9.59 Å². The third-order valence-electron chi connectivity index (χ3n) is 4.19. The van der Waals surface area contributed by atoms with E-state index in [0.717, 1.165) is 0 Å². The SMILES string of the molecule is COCCNC(=O)c1cc2ccc(OC(=O)COc3ccccc3OC)cc2oc1=O. The largest absolute Gasteiger partial charge is 0.493 e. The molecule has 9 nitrogen and oxygen atoms in total. The van der Waals surface area contributed by atoms with Crippen LogP contribution in [0.5, 0.6) is 17.2 Å². The van der Waals surface area contributed by atoms with Crippen LogP contribution in [0.4, 0.5) is 0 Å². The monoisotopic (exact) mass is 427 g/mol. The number of hydrogen-bond acceptors (Lipinski definition) is 8. The summed E-state index contributed by atoms with van der Waals surface area (Å²) in [5.74, 6) is -0.146. The number of para-hydroxylation sites is 2. The third-order valence-corrected chi connectivity index (χ3v) is 4.19. The predicted molar refractivity (Wildman–Crippen MR) is 111 cm³/mol. The van der Waals surface area contributed by atoms with Crippen molar-refractivity contribution in [2.45, 2.75) is 0 Å². The smallest absolute Gasteiger partial charge is 0.349 e. The van der Waals surface area contributed by atoms with Gasteiger partial charge in [-0.15, -0.1) is 0 Å². The molecule has 0 bridgehead atoms. The van der Waals surface area contributed by atoms with Crippen molar-refractivity contribution in [2.24, 2.45) is 0 Å². The number of ether oxygens (including phenoxy) is 4. The lowest BCUT2D eigenvalue weighted by atomic mass is 10.1. The molecule has 3 aromatic rings. The molecular formula is C22H21NO8. The molecule has 0 unspecified atom stereocenters. The lowest BCUT2D eigenvalue weighted by molar-refractivity contribution is -0.136. The fraction of sp³-hybridized carbons (Fsp3) is 0.227. The number of carbonyl (C=O) groups excluding carboxylic acids is 2. The van der Waals surface area contributed by atoms with Crippen molar-refractivity contribution in [2.75, 3.05) is 34.0 Å². The van der Waals surface area contributed by atoms with E-state index in [1.807, 2.05) is 0 Å². The minimum absolute atomic E-state index is 0.126. The number of esters is 1. The maximum atomic E-state index is 12.2. The van der Waals surface area contributed by atoms with Gasteiger partial charge in [0.05, 0.1) is 13.7 Å². The second-order valence-corrected chi connectivity index (χ2v) is 6.31. The van der Waals surface area contributed by atoms with Gasteiger partial charge in [0.2, 0.25) is 0 Å². The molecule has 0 aliphatic rings. The zero-order valence-corrected chi connectivity index (χ0v) is 17.0. The fourth-order valence-corrected chi connectivity index (χ4v) is 2.71. The zero-order valence-electron chi connectivity index (χ0n) is 17.0. The van der Waals surface area contributed by atoms with Crippen LogP contribution in [0, 0.1) is 0 Å². The van der Waals surface area contributed by atoms with Crippen LogP contribution in [0.2, 0.25) is 0 Å². The summed E-state index contributed by atoms with van der Waals surface area (Å²) in [4.78, 5) is 36.4. The van der Waals surface area contributed by atoms with Gasteiger partial charge in [0.15, 0.2) is 18.1 Å². The number of carbonyl (C=O) groups is 2. The first-order valence-corrected chi connectivity index (χ1v) is 9.33. The van der Waals surface area contributed by atoms with E-state index < -0.39 is 17.5 Å².